The van der Waals surface area contributed by atoms with E-state index in [1.807, 2.05) is 0 Å². The standard InChI is InChI=1S/C11H13ClN2O4S/c1-3-7-13(4-2)19(17,18)11-8-9(14(15)16)5-6-10(11)12/h3,5-6,8H,1,4,7H2,2H3. The fourth-order valence-corrected chi connectivity index (χ4v) is 3.40. The minimum absolute atomic E-state index is 0.0480. The summed E-state index contributed by atoms with van der Waals surface area (Å²) in [7, 11) is -3.87. The van der Waals surface area contributed by atoms with E-state index in [-0.39, 0.29) is 28.7 Å². The Morgan fingerprint density at radius 3 is 2.63 bits per heavy atom. The van der Waals surface area contributed by atoms with E-state index in [2.05, 4.69) is 6.58 Å². The van der Waals surface area contributed by atoms with Crippen molar-refractivity contribution in [2.24, 2.45) is 0 Å². The maximum Gasteiger partial charge on any atom is 0.270 e. The molecule has 0 bridgehead atoms. The van der Waals surface area contributed by atoms with Crippen molar-refractivity contribution in [3.8, 4) is 0 Å². The molecule has 0 spiro atoms. The first-order valence-electron chi connectivity index (χ1n) is 5.39. The molecular formula is C11H13ClN2O4S. The van der Waals surface area contributed by atoms with E-state index in [1.165, 1.54) is 12.1 Å². The van der Waals surface area contributed by atoms with Gasteiger partial charge in [0, 0.05) is 25.2 Å². The number of non-ortho nitro benzene ring substituents is 1. The maximum atomic E-state index is 12.3. The number of sulfonamides is 1. The van der Waals surface area contributed by atoms with Gasteiger partial charge in [0.15, 0.2) is 0 Å². The molecule has 0 saturated heterocycles. The lowest BCUT2D eigenvalue weighted by Gasteiger charge is -2.19. The molecule has 0 N–H and O–H groups in total. The number of benzene rings is 1. The first-order valence-corrected chi connectivity index (χ1v) is 7.21. The van der Waals surface area contributed by atoms with Crippen molar-refractivity contribution >= 4 is 27.3 Å². The van der Waals surface area contributed by atoms with E-state index in [9.17, 15) is 18.5 Å². The Hall–Kier alpha value is -1.44. The van der Waals surface area contributed by atoms with Gasteiger partial charge >= 0.3 is 0 Å². The van der Waals surface area contributed by atoms with Gasteiger partial charge < -0.3 is 0 Å². The van der Waals surface area contributed by atoms with E-state index < -0.39 is 14.9 Å². The Kier molecular flexibility index (Phi) is 5.04. The summed E-state index contributed by atoms with van der Waals surface area (Å²) in [6.07, 6.45) is 1.44. The van der Waals surface area contributed by atoms with Gasteiger partial charge in [-0.25, -0.2) is 8.42 Å². The van der Waals surface area contributed by atoms with Crippen LogP contribution in [0.1, 0.15) is 6.92 Å². The summed E-state index contributed by atoms with van der Waals surface area (Å²) in [5.74, 6) is 0. The highest BCUT2D eigenvalue weighted by Crippen LogP contribution is 2.28. The number of hydrogen-bond acceptors (Lipinski definition) is 4. The van der Waals surface area contributed by atoms with E-state index in [1.54, 1.807) is 6.92 Å². The third-order valence-electron chi connectivity index (χ3n) is 2.43. The quantitative estimate of drug-likeness (QED) is 0.459. The monoisotopic (exact) mass is 304 g/mol. The molecule has 0 aliphatic rings. The highest BCUT2D eigenvalue weighted by atomic mass is 35.5. The second kappa shape index (κ2) is 6.14. The summed E-state index contributed by atoms with van der Waals surface area (Å²) in [4.78, 5) is 9.76. The number of nitrogens with zero attached hydrogens (tertiary/aromatic N) is 2. The van der Waals surface area contributed by atoms with Crippen molar-refractivity contribution in [2.75, 3.05) is 13.1 Å². The second-order valence-corrected chi connectivity index (χ2v) is 5.93. The Balaban J connectivity index is 3.38. The predicted molar refractivity (Wildman–Crippen MR) is 72.7 cm³/mol. The number of rotatable bonds is 6. The van der Waals surface area contributed by atoms with Crippen LogP contribution in [0.15, 0.2) is 35.7 Å². The van der Waals surface area contributed by atoms with Gasteiger partial charge in [-0.05, 0) is 6.07 Å². The molecule has 0 fully saturated rings. The van der Waals surface area contributed by atoms with E-state index >= 15 is 0 Å². The van der Waals surface area contributed by atoms with Gasteiger partial charge in [-0.3, -0.25) is 10.1 Å². The average molecular weight is 305 g/mol. The molecule has 0 heterocycles. The van der Waals surface area contributed by atoms with Crippen molar-refractivity contribution in [2.45, 2.75) is 11.8 Å². The van der Waals surface area contributed by atoms with Crippen LogP contribution in [0.2, 0.25) is 5.02 Å². The zero-order chi connectivity index (χ0) is 14.6. The zero-order valence-corrected chi connectivity index (χ0v) is 11.8. The Morgan fingerprint density at radius 2 is 2.16 bits per heavy atom. The van der Waals surface area contributed by atoms with Crippen molar-refractivity contribution < 1.29 is 13.3 Å². The molecule has 0 unspecified atom stereocenters. The summed E-state index contributed by atoms with van der Waals surface area (Å²) >= 11 is 5.83. The van der Waals surface area contributed by atoms with Crippen molar-refractivity contribution in [3.05, 3.63) is 46.0 Å². The van der Waals surface area contributed by atoms with Crippen LogP contribution < -0.4 is 0 Å². The van der Waals surface area contributed by atoms with Crippen LogP contribution in [0.3, 0.4) is 0 Å². The molecule has 0 amide bonds. The maximum absolute atomic E-state index is 12.3. The summed E-state index contributed by atoms with van der Waals surface area (Å²) < 4.78 is 25.8. The number of nitro groups is 1. The van der Waals surface area contributed by atoms with Crippen LogP contribution in [0.5, 0.6) is 0 Å². The fourth-order valence-electron chi connectivity index (χ4n) is 1.48. The lowest BCUT2D eigenvalue weighted by molar-refractivity contribution is -0.385. The van der Waals surface area contributed by atoms with Gasteiger partial charge in [0.05, 0.1) is 9.95 Å². The lowest BCUT2D eigenvalue weighted by Crippen LogP contribution is -2.31. The average Bonchev–Trinajstić information content (AvgIpc) is 2.35. The van der Waals surface area contributed by atoms with Crippen LogP contribution >= 0.6 is 11.6 Å². The normalized spacial score (nSPS) is 11.5. The molecule has 0 aromatic heterocycles. The third kappa shape index (κ3) is 3.31. The molecule has 1 aromatic carbocycles. The zero-order valence-electron chi connectivity index (χ0n) is 10.2. The Bertz CT molecular complexity index is 601. The number of nitro benzene ring substituents is 1. The van der Waals surface area contributed by atoms with Crippen LogP contribution in [0.25, 0.3) is 0 Å². The summed E-state index contributed by atoms with van der Waals surface area (Å²) in [6.45, 7) is 5.46. The van der Waals surface area contributed by atoms with Gasteiger partial charge in [0.1, 0.15) is 4.90 Å². The van der Waals surface area contributed by atoms with Crippen molar-refractivity contribution in [3.63, 3.8) is 0 Å². The smallest absolute Gasteiger partial charge is 0.258 e. The van der Waals surface area contributed by atoms with Gasteiger partial charge in [-0.15, -0.1) is 6.58 Å². The van der Waals surface area contributed by atoms with Crippen molar-refractivity contribution in [1.82, 2.24) is 4.31 Å². The number of likely N-dealkylation sites (N-methyl/N-ethyl adjacent to an activating group) is 1. The third-order valence-corrected chi connectivity index (χ3v) is 4.85. The molecule has 0 radical (unpaired) electrons. The molecule has 104 valence electrons. The second-order valence-electron chi connectivity index (χ2n) is 3.62. The number of halogens is 1. The lowest BCUT2D eigenvalue weighted by atomic mass is 10.3. The fraction of sp³-hybridized carbons (Fsp3) is 0.273. The number of hydrogen-bond donors (Lipinski definition) is 0. The highest BCUT2D eigenvalue weighted by molar-refractivity contribution is 7.89. The molecule has 0 aliphatic carbocycles. The van der Waals surface area contributed by atoms with E-state index in [4.69, 9.17) is 11.6 Å². The molecule has 0 aliphatic heterocycles. The van der Waals surface area contributed by atoms with Gasteiger partial charge in [-0.2, -0.15) is 4.31 Å². The Labute approximate surface area is 116 Å². The summed E-state index contributed by atoms with van der Waals surface area (Å²) in [5.41, 5.74) is -0.322. The van der Waals surface area contributed by atoms with E-state index in [0.29, 0.717) is 0 Å². The van der Waals surface area contributed by atoms with Crippen molar-refractivity contribution in [1.29, 1.82) is 0 Å². The molecule has 0 saturated carbocycles. The van der Waals surface area contributed by atoms with Crippen LogP contribution in [-0.4, -0.2) is 30.7 Å². The first-order chi connectivity index (χ1) is 8.84. The van der Waals surface area contributed by atoms with Gasteiger partial charge in [-0.1, -0.05) is 24.6 Å². The summed E-state index contributed by atoms with van der Waals surface area (Å²) in [6, 6.07) is 3.32. The van der Waals surface area contributed by atoms with Crippen LogP contribution in [0.4, 0.5) is 5.69 Å². The molecule has 19 heavy (non-hydrogen) atoms. The van der Waals surface area contributed by atoms with E-state index in [0.717, 1.165) is 16.4 Å². The molecule has 6 nitrogen and oxygen atoms in total. The topological polar surface area (TPSA) is 80.5 Å². The molecular weight excluding hydrogens is 292 g/mol. The predicted octanol–water partition coefficient (Wildman–Crippen LogP) is 2.44. The minimum Gasteiger partial charge on any atom is -0.258 e. The first kappa shape index (κ1) is 15.6. The van der Waals surface area contributed by atoms with Gasteiger partial charge in [0.2, 0.25) is 10.0 Å². The largest absolute Gasteiger partial charge is 0.270 e. The molecule has 1 rings (SSSR count). The molecule has 0 atom stereocenters. The SMILES string of the molecule is C=CCN(CC)S(=O)(=O)c1cc([N+](=O)[O-])ccc1Cl. The molecule has 8 heteroatoms. The Morgan fingerprint density at radius 1 is 1.53 bits per heavy atom. The highest BCUT2D eigenvalue weighted by Gasteiger charge is 2.26. The van der Waals surface area contributed by atoms with Crippen LogP contribution in [-0.2, 0) is 10.0 Å². The summed E-state index contributed by atoms with van der Waals surface area (Å²) in [5, 5.41) is 10.6. The molecule has 1 aromatic rings. The minimum atomic E-state index is -3.87. The van der Waals surface area contributed by atoms with Gasteiger partial charge in [0.25, 0.3) is 5.69 Å². The van der Waals surface area contributed by atoms with Crippen LogP contribution in [0, 0.1) is 10.1 Å².